The van der Waals surface area contributed by atoms with E-state index in [0.29, 0.717) is 10.6 Å². The second-order valence-electron chi connectivity index (χ2n) is 5.31. The van der Waals surface area contributed by atoms with E-state index in [1.165, 1.54) is 11.1 Å². The monoisotopic (exact) mass is 363 g/mol. The first-order valence-corrected chi connectivity index (χ1v) is 8.13. The van der Waals surface area contributed by atoms with Crippen LogP contribution in [0.2, 0.25) is 5.02 Å². The zero-order valence-corrected chi connectivity index (χ0v) is 13.7. The summed E-state index contributed by atoms with van der Waals surface area (Å²) in [6.45, 7) is 0. The summed E-state index contributed by atoms with van der Waals surface area (Å²) in [6, 6.07) is 13.9. The predicted octanol–water partition coefficient (Wildman–Crippen LogP) is 4.39. The molecule has 0 aliphatic heterocycles. The summed E-state index contributed by atoms with van der Waals surface area (Å²) >= 11 is 9.30. The van der Waals surface area contributed by atoms with Gasteiger partial charge in [-0.3, -0.25) is 4.79 Å². The van der Waals surface area contributed by atoms with Crippen LogP contribution >= 0.6 is 27.5 Å². The average molecular weight is 365 g/mol. The van der Waals surface area contributed by atoms with Crippen LogP contribution in [0.25, 0.3) is 0 Å². The topological polar surface area (TPSA) is 29.1 Å². The standard InChI is InChI=1S/C17H15BrClNO/c18-15-10-13(6-8-16(15)19)17(21)20-14-7-5-11-3-1-2-4-12(11)9-14/h1-4,6,8,10,14H,5,7,9H2,(H,20,21). The van der Waals surface area contributed by atoms with Gasteiger partial charge in [-0.25, -0.2) is 0 Å². The first-order chi connectivity index (χ1) is 10.1. The van der Waals surface area contributed by atoms with E-state index in [-0.39, 0.29) is 11.9 Å². The molecule has 1 aliphatic rings. The zero-order chi connectivity index (χ0) is 14.8. The van der Waals surface area contributed by atoms with Crippen LogP contribution in [-0.2, 0) is 12.8 Å². The van der Waals surface area contributed by atoms with Crippen molar-refractivity contribution in [1.82, 2.24) is 5.32 Å². The highest BCUT2D eigenvalue weighted by Gasteiger charge is 2.20. The van der Waals surface area contributed by atoms with Crippen LogP contribution in [0.15, 0.2) is 46.9 Å². The van der Waals surface area contributed by atoms with Gasteiger partial charge >= 0.3 is 0 Å². The first kappa shape index (κ1) is 14.6. The highest BCUT2D eigenvalue weighted by Crippen LogP contribution is 2.24. The van der Waals surface area contributed by atoms with E-state index in [4.69, 9.17) is 11.6 Å². The molecule has 1 amide bonds. The molecule has 1 aliphatic carbocycles. The fourth-order valence-electron chi connectivity index (χ4n) is 2.73. The number of hydrogen-bond donors (Lipinski definition) is 1. The maximum absolute atomic E-state index is 12.3. The average Bonchev–Trinajstić information content (AvgIpc) is 2.50. The minimum absolute atomic E-state index is 0.0447. The summed E-state index contributed by atoms with van der Waals surface area (Å²) in [5, 5.41) is 3.73. The minimum atomic E-state index is -0.0447. The predicted molar refractivity (Wildman–Crippen MR) is 88.9 cm³/mol. The second-order valence-corrected chi connectivity index (χ2v) is 6.57. The van der Waals surface area contributed by atoms with E-state index in [9.17, 15) is 4.79 Å². The Balaban J connectivity index is 1.70. The SMILES string of the molecule is O=C(NC1CCc2ccccc2C1)c1ccc(Cl)c(Br)c1. The maximum atomic E-state index is 12.3. The molecule has 2 aromatic carbocycles. The van der Waals surface area contributed by atoms with Crippen molar-refractivity contribution in [1.29, 1.82) is 0 Å². The van der Waals surface area contributed by atoms with E-state index in [0.717, 1.165) is 23.7 Å². The van der Waals surface area contributed by atoms with Crippen molar-refractivity contribution in [3.05, 3.63) is 68.7 Å². The van der Waals surface area contributed by atoms with E-state index in [2.05, 4.69) is 45.5 Å². The second kappa shape index (κ2) is 6.20. The Bertz CT molecular complexity index is 686. The van der Waals surface area contributed by atoms with E-state index in [1.54, 1.807) is 18.2 Å². The summed E-state index contributed by atoms with van der Waals surface area (Å²) in [7, 11) is 0. The van der Waals surface area contributed by atoms with Gasteiger partial charge in [0.2, 0.25) is 0 Å². The van der Waals surface area contributed by atoms with Crippen LogP contribution in [-0.4, -0.2) is 11.9 Å². The van der Waals surface area contributed by atoms with E-state index < -0.39 is 0 Å². The number of halogens is 2. The molecule has 0 saturated heterocycles. The zero-order valence-electron chi connectivity index (χ0n) is 11.4. The van der Waals surface area contributed by atoms with E-state index >= 15 is 0 Å². The smallest absolute Gasteiger partial charge is 0.251 e. The molecule has 108 valence electrons. The minimum Gasteiger partial charge on any atom is -0.349 e. The molecule has 0 spiro atoms. The summed E-state index contributed by atoms with van der Waals surface area (Å²) in [5.41, 5.74) is 3.37. The van der Waals surface area contributed by atoms with Crippen LogP contribution in [0.3, 0.4) is 0 Å². The largest absolute Gasteiger partial charge is 0.349 e. The van der Waals surface area contributed by atoms with Gasteiger partial charge in [-0.15, -0.1) is 0 Å². The molecule has 21 heavy (non-hydrogen) atoms. The first-order valence-electron chi connectivity index (χ1n) is 6.96. The molecule has 2 nitrogen and oxygen atoms in total. The quantitative estimate of drug-likeness (QED) is 0.841. The van der Waals surface area contributed by atoms with E-state index in [1.807, 2.05) is 0 Å². The lowest BCUT2D eigenvalue weighted by atomic mass is 9.88. The number of aryl methyl sites for hydroxylation is 1. The van der Waals surface area contributed by atoms with Crippen LogP contribution in [0.4, 0.5) is 0 Å². The van der Waals surface area contributed by atoms with Crippen molar-refractivity contribution in [3.63, 3.8) is 0 Å². The molecule has 0 bridgehead atoms. The molecular weight excluding hydrogens is 350 g/mol. The summed E-state index contributed by atoms with van der Waals surface area (Å²) < 4.78 is 0.741. The third-order valence-corrected chi connectivity index (χ3v) is 5.08. The lowest BCUT2D eigenvalue weighted by Gasteiger charge is -2.25. The molecule has 1 N–H and O–H groups in total. The highest BCUT2D eigenvalue weighted by atomic mass is 79.9. The summed E-state index contributed by atoms with van der Waals surface area (Å²) in [5.74, 6) is -0.0447. The van der Waals surface area contributed by atoms with Gasteiger partial charge in [0.05, 0.1) is 5.02 Å². The van der Waals surface area contributed by atoms with Gasteiger partial charge in [0.1, 0.15) is 0 Å². The number of carbonyl (C=O) groups is 1. The lowest BCUT2D eigenvalue weighted by molar-refractivity contribution is 0.0933. The van der Waals surface area contributed by atoms with Gasteiger partial charge in [0.25, 0.3) is 5.91 Å². The molecule has 3 rings (SSSR count). The molecule has 4 heteroatoms. The van der Waals surface area contributed by atoms with Crippen LogP contribution in [0.5, 0.6) is 0 Å². The van der Waals surface area contributed by atoms with Gasteiger partial charge < -0.3 is 5.32 Å². The number of carbonyl (C=O) groups excluding carboxylic acids is 1. The lowest BCUT2D eigenvalue weighted by Crippen LogP contribution is -2.38. The Morgan fingerprint density at radius 1 is 1.19 bits per heavy atom. The molecule has 1 unspecified atom stereocenters. The van der Waals surface area contributed by atoms with Crippen LogP contribution < -0.4 is 5.32 Å². The molecule has 0 fully saturated rings. The molecule has 0 aromatic heterocycles. The Morgan fingerprint density at radius 2 is 1.95 bits per heavy atom. The number of nitrogens with one attached hydrogen (secondary N) is 1. The number of benzene rings is 2. The van der Waals surface area contributed by atoms with Gasteiger partial charge in [-0.1, -0.05) is 35.9 Å². The number of hydrogen-bond acceptors (Lipinski definition) is 1. The normalized spacial score (nSPS) is 17.1. The molecule has 0 heterocycles. The van der Waals surface area contributed by atoms with Crippen molar-refractivity contribution in [2.75, 3.05) is 0 Å². The Hall–Kier alpha value is -1.32. The molecular formula is C17H15BrClNO. The third-order valence-electron chi connectivity index (χ3n) is 3.86. The van der Waals surface area contributed by atoms with Gasteiger partial charge in [0.15, 0.2) is 0 Å². The Morgan fingerprint density at radius 3 is 2.71 bits per heavy atom. The fourth-order valence-corrected chi connectivity index (χ4v) is 3.22. The maximum Gasteiger partial charge on any atom is 0.251 e. The molecule has 1 atom stereocenters. The summed E-state index contributed by atoms with van der Waals surface area (Å²) in [6.07, 6.45) is 2.90. The summed E-state index contributed by atoms with van der Waals surface area (Å²) in [4.78, 5) is 12.3. The van der Waals surface area contributed by atoms with Crippen molar-refractivity contribution in [2.45, 2.75) is 25.3 Å². The molecule has 0 radical (unpaired) electrons. The molecule has 2 aromatic rings. The third kappa shape index (κ3) is 3.30. The van der Waals surface area contributed by atoms with Crippen molar-refractivity contribution >= 4 is 33.4 Å². The van der Waals surface area contributed by atoms with Crippen molar-refractivity contribution < 1.29 is 4.79 Å². The number of amides is 1. The highest BCUT2D eigenvalue weighted by molar-refractivity contribution is 9.10. The Kier molecular flexibility index (Phi) is 4.32. The fraction of sp³-hybridized carbons (Fsp3) is 0.235. The van der Waals surface area contributed by atoms with Crippen molar-refractivity contribution in [3.8, 4) is 0 Å². The van der Waals surface area contributed by atoms with Crippen molar-refractivity contribution in [2.24, 2.45) is 0 Å². The number of fused-ring (bicyclic) bond motifs is 1. The molecule has 0 saturated carbocycles. The number of rotatable bonds is 2. The van der Waals surface area contributed by atoms with Gasteiger partial charge in [-0.2, -0.15) is 0 Å². The van der Waals surface area contributed by atoms with Crippen LogP contribution in [0.1, 0.15) is 27.9 Å². The van der Waals surface area contributed by atoms with Gasteiger partial charge in [0, 0.05) is 16.1 Å². The Labute approximate surface area is 137 Å². The van der Waals surface area contributed by atoms with Crippen LogP contribution in [0, 0.1) is 0 Å². The van der Waals surface area contributed by atoms with Gasteiger partial charge in [-0.05, 0) is 64.5 Å².